The van der Waals surface area contributed by atoms with Crippen LogP contribution in [0.4, 0.5) is 0 Å². The maximum Gasteiger partial charge on any atom is 0.472 e. The van der Waals surface area contributed by atoms with Gasteiger partial charge < -0.3 is 30.3 Å². The Morgan fingerprint density at radius 3 is 2.02 bits per heavy atom. The molecule has 0 bridgehead atoms. The summed E-state index contributed by atoms with van der Waals surface area (Å²) in [4.78, 5) is 47.7. The molecule has 0 spiro atoms. The maximum absolute atomic E-state index is 12.6. The summed E-state index contributed by atoms with van der Waals surface area (Å²) in [5.74, 6) is -1.57. The first-order valence-electron chi connectivity index (χ1n) is 22.5. The Hall–Kier alpha value is -2.96. The van der Waals surface area contributed by atoms with Crippen molar-refractivity contribution in [2.75, 3.05) is 26.4 Å². The van der Waals surface area contributed by atoms with Gasteiger partial charge in [-0.15, -0.1) is 0 Å². The van der Waals surface area contributed by atoms with Gasteiger partial charge in [0.05, 0.1) is 25.4 Å². The van der Waals surface area contributed by atoms with Crippen molar-refractivity contribution in [3.63, 3.8) is 0 Å². The summed E-state index contributed by atoms with van der Waals surface area (Å²) in [6.07, 6.45) is 38.3. The van der Waals surface area contributed by atoms with E-state index in [1.54, 1.807) is 6.08 Å². The van der Waals surface area contributed by atoms with Crippen molar-refractivity contribution >= 4 is 25.5 Å². The van der Waals surface area contributed by atoms with Gasteiger partial charge in [-0.1, -0.05) is 132 Å². The fourth-order valence-electron chi connectivity index (χ4n) is 6.61. The van der Waals surface area contributed by atoms with Crippen LogP contribution in [-0.4, -0.2) is 77.5 Å². The molecule has 1 aliphatic carbocycles. The highest BCUT2D eigenvalue weighted by Crippen LogP contribution is 2.43. The molecule has 1 aliphatic rings. The number of hydrogen-bond donors (Lipinski definition) is 4. The van der Waals surface area contributed by atoms with E-state index in [1.807, 2.05) is 6.08 Å². The van der Waals surface area contributed by atoms with E-state index >= 15 is 0 Å². The van der Waals surface area contributed by atoms with Crippen molar-refractivity contribution in [3.05, 3.63) is 72.9 Å². The van der Waals surface area contributed by atoms with E-state index in [2.05, 4.69) is 74.6 Å². The van der Waals surface area contributed by atoms with Crippen LogP contribution in [0.2, 0.25) is 0 Å². The van der Waals surface area contributed by atoms with Crippen LogP contribution in [-0.2, 0) is 37.5 Å². The van der Waals surface area contributed by atoms with Gasteiger partial charge in [0.1, 0.15) is 12.4 Å². The predicted molar refractivity (Wildman–Crippen MR) is 239 cm³/mol. The highest BCUT2D eigenvalue weighted by Gasteiger charge is 2.39. The maximum atomic E-state index is 12.6. The Labute approximate surface area is 361 Å². The number of allylic oxidation sites excluding steroid dienone is 10. The SMILES string of the molecule is CC/C=C\C/C=C\C/C=C\C/C=C\C/C=C\CCCCCC(=O)O[C@H](COC(=O)CCCCCC[C@H]1C(=O)C[C@@H](O)[C@@H]1/C=C/[C@@H](O)CCCCC)COP(=O)(O)OCCN. The molecule has 1 rings (SSSR count). The zero-order valence-electron chi connectivity index (χ0n) is 36.6. The second-order valence-electron chi connectivity index (χ2n) is 15.3. The summed E-state index contributed by atoms with van der Waals surface area (Å²) in [5, 5.41) is 20.7. The van der Waals surface area contributed by atoms with Gasteiger partial charge in [-0.25, -0.2) is 4.57 Å². The molecule has 60 heavy (non-hydrogen) atoms. The van der Waals surface area contributed by atoms with Crippen LogP contribution in [0.25, 0.3) is 0 Å². The summed E-state index contributed by atoms with van der Waals surface area (Å²) in [6, 6.07) is 0. The molecule has 0 amide bonds. The van der Waals surface area contributed by atoms with Gasteiger partial charge in [-0.3, -0.25) is 23.4 Å². The van der Waals surface area contributed by atoms with Crippen molar-refractivity contribution in [2.24, 2.45) is 17.6 Å². The van der Waals surface area contributed by atoms with Crippen molar-refractivity contribution in [2.45, 2.75) is 167 Å². The molecule has 5 N–H and O–H groups in total. The average Bonchev–Trinajstić information content (AvgIpc) is 3.49. The molecular formula is C47H78NO11P. The van der Waals surface area contributed by atoms with Gasteiger partial charge in [0.15, 0.2) is 6.10 Å². The first-order chi connectivity index (χ1) is 29.0. The number of esters is 2. The fraction of sp³-hybridized carbons (Fsp3) is 0.681. The Kier molecular flexibility index (Phi) is 33.7. The lowest BCUT2D eigenvalue weighted by molar-refractivity contribution is -0.161. The number of aliphatic hydroxyl groups is 2. The van der Waals surface area contributed by atoms with Crippen molar-refractivity contribution in [1.29, 1.82) is 0 Å². The van der Waals surface area contributed by atoms with Gasteiger partial charge in [0.25, 0.3) is 0 Å². The molecule has 0 aromatic rings. The van der Waals surface area contributed by atoms with Crippen LogP contribution in [0, 0.1) is 11.8 Å². The Balaban J connectivity index is 2.38. The van der Waals surface area contributed by atoms with E-state index in [-0.39, 0.29) is 56.6 Å². The number of aliphatic hydroxyl groups excluding tert-OH is 2. The minimum atomic E-state index is -4.45. The van der Waals surface area contributed by atoms with Crippen LogP contribution < -0.4 is 5.73 Å². The topological polar surface area (TPSA) is 192 Å². The summed E-state index contributed by atoms with van der Waals surface area (Å²) < 4.78 is 32.8. The second-order valence-corrected chi connectivity index (χ2v) is 16.8. The molecular weight excluding hydrogens is 785 g/mol. The van der Waals surface area contributed by atoms with Gasteiger partial charge in [-0.05, 0) is 70.6 Å². The Bertz CT molecular complexity index is 1370. The van der Waals surface area contributed by atoms with Gasteiger partial charge >= 0.3 is 19.8 Å². The molecule has 0 aliphatic heterocycles. The van der Waals surface area contributed by atoms with Gasteiger partial charge in [0, 0.05) is 37.6 Å². The summed E-state index contributed by atoms with van der Waals surface area (Å²) in [7, 11) is -4.45. The monoisotopic (exact) mass is 864 g/mol. The highest BCUT2D eigenvalue weighted by atomic mass is 31.2. The van der Waals surface area contributed by atoms with E-state index < -0.39 is 44.7 Å². The largest absolute Gasteiger partial charge is 0.472 e. The Morgan fingerprint density at radius 1 is 0.783 bits per heavy atom. The number of ketones is 1. The third kappa shape index (κ3) is 30.1. The van der Waals surface area contributed by atoms with Crippen LogP contribution in [0.5, 0.6) is 0 Å². The lowest BCUT2D eigenvalue weighted by Crippen LogP contribution is -2.29. The molecule has 0 aromatic carbocycles. The number of phosphoric acid groups is 1. The smallest absolute Gasteiger partial charge is 0.462 e. The molecule has 12 nitrogen and oxygen atoms in total. The molecule has 1 saturated carbocycles. The number of rotatable bonds is 37. The summed E-state index contributed by atoms with van der Waals surface area (Å²) in [5.41, 5.74) is 5.34. The van der Waals surface area contributed by atoms with E-state index in [4.69, 9.17) is 24.3 Å². The first kappa shape index (κ1) is 55.1. The quantitative estimate of drug-likeness (QED) is 0.0200. The van der Waals surface area contributed by atoms with Gasteiger partial charge in [0.2, 0.25) is 0 Å². The average molecular weight is 864 g/mol. The molecule has 13 heteroatoms. The van der Waals surface area contributed by atoms with Crippen LogP contribution in [0.3, 0.4) is 0 Å². The zero-order valence-corrected chi connectivity index (χ0v) is 37.5. The molecule has 1 unspecified atom stereocenters. The minimum Gasteiger partial charge on any atom is -0.462 e. The van der Waals surface area contributed by atoms with E-state index in [0.29, 0.717) is 25.7 Å². The highest BCUT2D eigenvalue weighted by molar-refractivity contribution is 7.47. The number of unbranched alkanes of at least 4 members (excludes halogenated alkanes) is 8. The minimum absolute atomic E-state index is 0.00890. The number of ether oxygens (including phenoxy) is 2. The lowest BCUT2D eigenvalue weighted by Gasteiger charge is -2.20. The standard InChI is InChI=1S/C47H78NO11P/c1-3-5-7-8-9-10-11-12-13-14-15-16-17-18-19-20-21-22-28-32-47(53)59-41(39-58-60(54,55)57-36-35-48)38-56-46(52)31-27-24-23-26-30-42-43(45(51)37-44(42)50)34-33-40(49)29-25-6-4-2/h5,7,9-10,12-13,15-16,18-19,33-34,40-43,45,49,51H,3-4,6,8,11,14,17,20-32,35-39,48H2,1-2H3,(H,54,55)/b7-5-,10-9-,13-12-,16-15-,19-18-,34-33+/t40-,41+,42+,43+,45+/m0/s1. The van der Waals surface area contributed by atoms with Crippen LogP contribution >= 0.6 is 7.82 Å². The molecule has 1 fully saturated rings. The number of hydrogen-bond acceptors (Lipinski definition) is 11. The van der Waals surface area contributed by atoms with Crippen molar-refractivity contribution < 1.29 is 52.6 Å². The van der Waals surface area contributed by atoms with Crippen LogP contribution in [0.1, 0.15) is 149 Å². The van der Waals surface area contributed by atoms with E-state index in [9.17, 15) is 34.1 Å². The Morgan fingerprint density at radius 2 is 1.38 bits per heavy atom. The second kappa shape index (κ2) is 36.7. The molecule has 0 aromatic heterocycles. The van der Waals surface area contributed by atoms with E-state index in [0.717, 1.165) is 89.9 Å². The number of carbonyl (C=O) groups excluding carboxylic acids is 3. The third-order valence-corrected chi connectivity index (χ3v) is 11.0. The number of nitrogens with two attached hydrogens (primary N) is 1. The van der Waals surface area contributed by atoms with Crippen molar-refractivity contribution in [1.82, 2.24) is 0 Å². The third-order valence-electron chi connectivity index (χ3n) is 9.97. The fourth-order valence-corrected chi connectivity index (χ4v) is 7.38. The van der Waals surface area contributed by atoms with Crippen LogP contribution in [0.15, 0.2) is 72.9 Å². The molecule has 0 saturated heterocycles. The number of Topliss-reactive ketones (excluding diaryl/α,β-unsaturated/α-hetero) is 1. The van der Waals surface area contributed by atoms with Gasteiger partial charge in [-0.2, -0.15) is 0 Å². The van der Waals surface area contributed by atoms with Crippen molar-refractivity contribution in [3.8, 4) is 0 Å². The zero-order chi connectivity index (χ0) is 44.1. The predicted octanol–water partition coefficient (Wildman–Crippen LogP) is 9.64. The lowest BCUT2D eigenvalue weighted by atomic mass is 9.88. The number of carbonyl (C=O) groups is 3. The summed E-state index contributed by atoms with van der Waals surface area (Å²) in [6.45, 7) is 3.19. The summed E-state index contributed by atoms with van der Waals surface area (Å²) >= 11 is 0. The first-order valence-corrected chi connectivity index (χ1v) is 24.0. The molecule has 0 radical (unpaired) electrons. The molecule has 0 heterocycles. The molecule has 342 valence electrons. The normalized spacial score (nSPS) is 19.5. The molecule has 6 atom stereocenters. The van der Waals surface area contributed by atoms with E-state index in [1.165, 1.54) is 0 Å². The number of phosphoric ester groups is 1.